The normalized spacial score (nSPS) is 13.8. The number of anilines is 4. The first kappa shape index (κ1) is 28.2. The van der Waals surface area contributed by atoms with Crippen LogP contribution in [0.5, 0.6) is 0 Å². The number of carbonyl (C=O) groups is 1. The number of para-hydroxylation sites is 1. The number of aromatic nitrogens is 3. The van der Waals surface area contributed by atoms with E-state index in [1.165, 1.54) is 11.6 Å². The highest BCUT2D eigenvalue weighted by atomic mass is 19.1. The zero-order chi connectivity index (χ0) is 29.8. The molecular formula is C34H34FN7O. The van der Waals surface area contributed by atoms with E-state index in [-0.39, 0.29) is 11.7 Å². The third-order valence-electron chi connectivity index (χ3n) is 7.98. The minimum atomic E-state index is -0.250. The number of halogens is 1. The molecule has 6 rings (SSSR count). The van der Waals surface area contributed by atoms with Gasteiger partial charge >= 0.3 is 0 Å². The fourth-order valence-corrected chi connectivity index (χ4v) is 5.57. The molecule has 3 aromatic carbocycles. The molecule has 0 unspecified atom stereocenters. The molecule has 0 saturated carbocycles. The van der Waals surface area contributed by atoms with Gasteiger partial charge in [-0.2, -0.15) is 4.98 Å². The van der Waals surface area contributed by atoms with Crippen LogP contribution in [0.1, 0.15) is 34.3 Å². The number of hydrogen-bond acceptors (Lipinski definition) is 7. The summed E-state index contributed by atoms with van der Waals surface area (Å²) in [7, 11) is 2.16. The number of fused-ring (bicyclic) bond motifs is 1. The summed E-state index contributed by atoms with van der Waals surface area (Å²) >= 11 is 0. The van der Waals surface area contributed by atoms with Crippen LogP contribution in [-0.4, -0.2) is 56.8 Å². The molecule has 1 aliphatic heterocycles. The minimum absolute atomic E-state index is 0.0444. The van der Waals surface area contributed by atoms with Crippen LogP contribution in [-0.2, 0) is 6.54 Å². The number of hydrogen-bond donors (Lipinski definition) is 2. The molecule has 0 bridgehead atoms. The number of rotatable bonds is 8. The van der Waals surface area contributed by atoms with Crippen LogP contribution < -0.4 is 10.6 Å². The SMILES string of the molecule is Cc1cc(Nc2ccnc(Nc3ccc(C(=O)N4CCC(N(C)Cc5cccc6cccnc56)CC4)cc3)n2)ccc1F. The Labute approximate surface area is 250 Å². The van der Waals surface area contributed by atoms with E-state index in [0.717, 1.165) is 54.8 Å². The molecule has 5 aromatic rings. The van der Waals surface area contributed by atoms with Gasteiger partial charge < -0.3 is 15.5 Å². The molecule has 2 aromatic heterocycles. The topological polar surface area (TPSA) is 86.3 Å². The predicted molar refractivity (Wildman–Crippen MR) is 168 cm³/mol. The molecule has 1 saturated heterocycles. The van der Waals surface area contributed by atoms with Gasteiger partial charge in [0.15, 0.2) is 0 Å². The number of amides is 1. The first-order chi connectivity index (χ1) is 20.9. The number of carbonyl (C=O) groups excluding carboxylic acids is 1. The van der Waals surface area contributed by atoms with Gasteiger partial charge in [0.25, 0.3) is 5.91 Å². The highest BCUT2D eigenvalue weighted by Crippen LogP contribution is 2.24. The Morgan fingerprint density at radius 3 is 2.49 bits per heavy atom. The highest BCUT2D eigenvalue weighted by molar-refractivity contribution is 5.94. The van der Waals surface area contributed by atoms with E-state index in [9.17, 15) is 9.18 Å². The summed E-state index contributed by atoms with van der Waals surface area (Å²) in [5.74, 6) is 0.787. The Hall–Kier alpha value is -4.89. The largest absolute Gasteiger partial charge is 0.340 e. The Morgan fingerprint density at radius 2 is 1.70 bits per heavy atom. The van der Waals surface area contributed by atoms with Crippen LogP contribution in [0.2, 0.25) is 0 Å². The van der Waals surface area contributed by atoms with Crippen molar-refractivity contribution in [1.29, 1.82) is 0 Å². The van der Waals surface area contributed by atoms with Crippen LogP contribution in [0.4, 0.5) is 27.5 Å². The van der Waals surface area contributed by atoms with E-state index >= 15 is 0 Å². The molecule has 0 aliphatic carbocycles. The lowest BCUT2D eigenvalue weighted by Gasteiger charge is -2.37. The van der Waals surface area contributed by atoms with Crippen LogP contribution in [0, 0.1) is 12.7 Å². The Balaban J connectivity index is 1.02. The van der Waals surface area contributed by atoms with Crippen molar-refractivity contribution in [3.63, 3.8) is 0 Å². The molecule has 1 amide bonds. The van der Waals surface area contributed by atoms with Gasteiger partial charge in [-0.3, -0.25) is 14.7 Å². The number of pyridine rings is 1. The van der Waals surface area contributed by atoms with Crippen molar-refractivity contribution in [2.24, 2.45) is 0 Å². The zero-order valence-corrected chi connectivity index (χ0v) is 24.3. The summed E-state index contributed by atoms with van der Waals surface area (Å²) in [6.45, 7) is 4.00. The summed E-state index contributed by atoms with van der Waals surface area (Å²) in [5.41, 5.74) is 5.00. The maximum absolute atomic E-state index is 13.6. The van der Waals surface area contributed by atoms with Crippen molar-refractivity contribution in [1.82, 2.24) is 24.8 Å². The van der Waals surface area contributed by atoms with Gasteiger partial charge in [-0.1, -0.05) is 24.3 Å². The first-order valence-corrected chi connectivity index (χ1v) is 14.5. The minimum Gasteiger partial charge on any atom is -0.340 e. The highest BCUT2D eigenvalue weighted by Gasteiger charge is 2.26. The fraction of sp³-hybridized carbons (Fsp3) is 0.235. The van der Waals surface area contributed by atoms with E-state index in [0.29, 0.717) is 28.9 Å². The van der Waals surface area contributed by atoms with Gasteiger partial charge in [-0.15, -0.1) is 0 Å². The van der Waals surface area contributed by atoms with Crippen LogP contribution in [0.15, 0.2) is 91.3 Å². The molecule has 1 aliphatic rings. The zero-order valence-electron chi connectivity index (χ0n) is 24.3. The smallest absolute Gasteiger partial charge is 0.253 e. The molecule has 0 radical (unpaired) electrons. The third-order valence-corrected chi connectivity index (χ3v) is 7.98. The van der Waals surface area contributed by atoms with Crippen LogP contribution in [0.3, 0.4) is 0 Å². The number of benzene rings is 3. The molecule has 43 heavy (non-hydrogen) atoms. The average molecular weight is 576 g/mol. The second kappa shape index (κ2) is 12.5. The molecule has 218 valence electrons. The number of piperidine rings is 1. The molecule has 1 fully saturated rings. The summed E-state index contributed by atoms with van der Waals surface area (Å²) in [6.07, 6.45) is 5.35. The van der Waals surface area contributed by atoms with Gasteiger partial charge in [0.2, 0.25) is 5.95 Å². The van der Waals surface area contributed by atoms with Gasteiger partial charge in [-0.25, -0.2) is 9.37 Å². The van der Waals surface area contributed by atoms with Crippen molar-refractivity contribution in [2.75, 3.05) is 30.8 Å². The number of nitrogens with one attached hydrogen (secondary N) is 2. The van der Waals surface area contributed by atoms with E-state index < -0.39 is 0 Å². The van der Waals surface area contributed by atoms with Crippen molar-refractivity contribution >= 4 is 40.0 Å². The van der Waals surface area contributed by atoms with Crippen molar-refractivity contribution in [2.45, 2.75) is 32.4 Å². The van der Waals surface area contributed by atoms with Crippen molar-refractivity contribution in [3.8, 4) is 0 Å². The number of aryl methyl sites for hydroxylation is 1. The lowest BCUT2D eigenvalue weighted by Crippen LogP contribution is -2.45. The molecule has 9 heteroatoms. The fourth-order valence-electron chi connectivity index (χ4n) is 5.57. The van der Waals surface area contributed by atoms with E-state index in [1.54, 1.807) is 31.3 Å². The Morgan fingerprint density at radius 1 is 0.930 bits per heavy atom. The van der Waals surface area contributed by atoms with E-state index in [4.69, 9.17) is 0 Å². The maximum Gasteiger partial charge on any atom is 0.253 e. The van der Waals surface area contributed by atoms with E-state index in [1.807, 2.05) is 41.4 Å². The van der Waals surface area contributed by atoms with Crippen LogP contribution in [0.25, 0.3) is 10.9 Å². The van der Waals surface area contributed by atoms with Gasteiger partial charge in [0.1, 0.15) is 11.6 Å². The maximum atomic E-state index is 13.6. The Bertz CT molecular complexity index is 1730. The lowest BCUT2D eigenvalue weighted by atomic mass is 10.0. The van der Waals surface area contributed by atoms with Gasteiger partial charge in [-0.05, 0) is 92.5 Å². The van der Waals surface area contributed by atoms with E-state index in [2.05, 4.69) is 61.8 Å². The monoisotopic (exact) mass is 575 g/mol. The first-order valence-electron chi connectivity index (χ1n) is 14.5. The van der Waals surface area contributed by atoms with Gasteiger partial charge in [0, 0.05) is 60.4 Å². The lowest BCUT2D eigenvalue weighted by molar-refractivity contribution is 0.0640. The second-order valence-electron chi connectivity index (χ2n) is 11.0. The van der Waals surface area contributed by atoms with Gasteiger partial charge in [0.05, 0.1) is 5.52 Å². The summed E-state index contributed by atoms with van der Waals surface area (Å²) in [6, 6.07) is 24.8. The van der Waals surface area contributed by atoms with Crippen molar-refractivity contribution < 1.29 is 9.18 Å². The summed E-state index contributed by atoms with van der Waals surface area (Å²) in [4.78, 5) is 31.0. The quantitative estimate of drug-likeness (QED) is 0.213. The molecule has 8 nitrogen and oxygen atoms in total. The summed E-state index contributed by atoms with van der Waals surface area (Å²) < 4.78 is 13.6. The molecular weight excluding hydrogens is 541 g/mol. The summed E-state index contributed by atoms with van der Waals surface area (Å²) in [5, 5.41) is 7.52. The Kier molecular flexibility index (Phi) is 8.24. The number of likely N-dealkylation sites (tertiary alicyclic amines) is 1. The standard InChI is InChI=1S/C34H34FN7O/c1-23-21-28(12-13-30(23)35)38-31-14-18-37-34(40-31)39-27-10-8-25(9-11-27)33(43)42-19-15-29(16-20-42)41(2)22-26-6-3-5-24-7-4-17-36-32(24)26/h3-14,17-18,21,29H,15-16,19-20,22H2,1-2H3,(H2,37,38,39,40). The number of nitrogens with zero attached hydrogens (tertiary/aromatic N) is 5. The molecule has 3 heterocycles. The van der Waals surface area contributed by atoms with Crippen LogP contribution >= 0.6 is 0 Å². The molecule has 0 spiro atoms. The van der Waals surface area contributed by atoms with Crippen molar-refractivity contribution in [3.05, 3.63) is 114 Å². The molecule has 2 N–H and O–H groups in total. The third kappa shape index (κ3) is 6.62. The average Bonchev–Trinajstić information content (AvgIpc) is 3.03. The second-order valence-corrected chi connectivity index (χ2v) is 11.0. The predicted octanol–water partition coefficient (Wildman–Crippen LogP) is 6.70. The molecule has 0 atom stereocenters.